The second-order valence-electron chi connectivity index (χ2n) is 6.31. The summed E-state index contributed by atoms with van der Waals surface area (Å²) in [6.45, 7) is 7.50. The average molecular weight is 282 g/mol. The van der Waals surface area contributed by atoms with Gasteiger partial charge in [0.25, 0.3) is 0 Å². The summed E-state index contributed by atoms with van der Waals surface area (Å²) in [5.41, 5.74) is 5.89. The van der Waals surface area contributed by atoms with Gasteiger partial charge in [-0.15, -0.1) is 0 Å². The highest BCUT2D eigenvalue weighted by molar-refractivity contribution is 5.67. The molecule has 0 aliphatic carbocycles. The van der Waals surface area contributed by atoms with Crippen LogP contribution in [0.2, 0.25) is 0 Å². The molecule has 1 amide bonds. The van der Waals surface area contributed by atoms with Crippen LogP contribution in [-0.2, 0) is 11.2 Å². The molecule has 0 heterocycles. The fourth-order valence-electron chi connectivity index (χ4n) is 1.72. The largest absolute Gasteiger partial charge is 0.444 e. The fourth-order valence-corrected chi connectivity index (χ4v) is 1.72. The van der Waals surface area contributed by atoms with Gasteiger partial charge < -0.3 is 15.8 Å². The lowest BCUT2D eigenvalue weighted by atomic mass is 9.94. The predicted molar refractivity (Wildman–Crippen MR) is 76.9 cm³/mol. The Hall–Kier alpha value is -1.62. The van der Waals surface area contributed by atoms with Crippen molar-refractivity contribution in [1.29, 1.82) is 0 Å². The zero-order valence-electron chi connectivity index (χ0n) is 12.5. The van der Waals surface area contributed by atoms with Gasteiger partial charge >= 0.3 is 6.09 Å². The SMILES string of the molecule is CC(N)(CNC(=O)OC(C)(C)C)Cc1ccc(F)cc1. The Morgan fingerprint density at radius 3 is 2.30 bits per heavy atom. The molecule has 1 unspecified atom stereocenters. The van der Waals surface area contributed by atoms with Crippen molar-refractivity contribution in [3.63, 3.8) is 0 Å². The van der Waals surface area contributed by atoms with Crippen LogP contribution in [0.3, 0.4) is 0 Å². The van der Waals surface area contributed by atoms with Crippen molar-refractivity contribution in [2.45, 2.75) is 45.3 Å². The van der Waals surface area contributed by atoms with Crippen LogP contribution in [-0.4, -0.2) is 23.8 Å². The van der Waals surface area contributed by atoms with Gasteiger partial charge in [-0.3, -0.25) is 0 Å². The number of rotatable bonds is 4. The van der Waals surface area contributed by atoms with Gasteiger partial charge in [0.2, 0.25) is 0 Å². The molecule has 20 heavy (non-hydrogen) atoms. The summed E-state index contributed by atoms with van der Waals surface area (Å²) < 4.78 is 18.0. The molecule has 0 saturated heterocycles. The highest BCUT2D eigenvalue weighted by Gasteiger charge is 2.22. The normalized spacial score (nSPS) is 14.5. The maximum atomic E-state index is 12.8. The molecule has 3 N–H and O–H groups in total. The molecule has 0 fully saturated rings. The third-order valence-electron chi connectivity index (χ3n) is 2.56. The van der Waals surface area contributed by atoms with E-state index in [9.17, 15) is 9.18 Å². The third kappa shape index (κ3) is 6.52. The quantitative estimate of drug-likeness (QED) is 0.892. The van der Waals surface area contributed by atoms with E-state index in [1.54, 1.807) is 32.9 Å². The van der Waals surface area contributed by atoms with Gasteiger partial charge in [0.05, 0.1) is 0 Å². The molecule has 1 aromatic rings. The summed E-state index contributed by atoms with van der Waals surface area (Å²) in [5.74, 6) is -0.278. The van der Waals surface area contributed by atoms with Crippen LogP contribution < -0.4 is 11.1 Å². The first-order valence-electron chi connectivity index (χ1n) is 6.58. The first kappa shape index (κ1) is 16.4. The Labute approximate surface area is 119 Å². The molecular formula is C15H23FN2O2. The molecule has 0 bridgehead atoms. The van der Waals surface area contributed by atoms with Gasteiger partial charge in [-0.1, -0.05) is 12.1 Å². The molecule has 1 aromatic carbocycles. The smallest absolute Gasteiger partial charge is 0.407 e. The lowest BCUT2D eigenvalue weighted by Crippen LogP contribution is -2.50. The van der Waals surface area contributed by atoms with E-state index in [4.69, 9.17) is 10.5 Å². The molecule has 0 spiro atoms. The monoisotopic (exact) mass is 282 g/mol. The number of ether oxygens (including phenoxy) is 1. The van der Waals surface area contributed by atoms with E-state index in [1.165, 1.54) is 12.1 Å². The lowest BCUT2D eigenvalue weighted by molar-refractivity contribution is 0.0516. The minimum atomic E-state index is -0.630. The third-order valence-corrected chi connectivity index (χ3v) is 2.56. The number of hydrogen-bond donors (Lipinski definition) is 2. The van der Waals surface area contributed by atoms with Gasteiger partial charge in [-0.2, -0.15) is 0 Å². The first-order chi connectivity index (χ1) is 9.07. The van der Waals surface area contributed by atoms with Crippen LogP contribution in [0.4, 0.5) is 9.18 Å². The highest BCUT2D eigenvalue weighted by atomic mass is 19.1. The average Bonchev–Trinajstić information content (AvgIpc) is 2.27. The highest BCUT2D eigenvalue weighted by Crippen LogP contribution is 2.12. The number of hydrogen-bond acceptors (Lipinski definition) is 3. The Balaban J connectivity index is 2.49. The maximum absolute atomic E-state index is 12.8. The van der Waals surface area contributed by atoms with Crippen LogP contribution in [0.1, 0.15) is 33.3 Å². The maximum Gasteiger partial charge on any atom is 0.407 e. The van der Waals surface area contributed by atoms with Gasteiger partial charge in [0.15, 0.2) is 0 Å². The number of carbonyl (C=O) groups is 1. The second-order valence-corrected chi connectivity index (χ2v) is 6.31. The Morgan fingerprint density at radius 1 is 1.25 bits per heavy atom. The van der Waals surface area contributed by atoms with Crippen LogP contribution in [0.5, 0.6) is 0 Å². The molecule has 1 atom stereocenters. The molecule has 112 valence electrons. The number of nitrogens with two attached hydrogens (primary N) is 1. The zero-order valence-corrected chi connectivity index (χ0v) is 12.5. The Morgan fingerprint density at radius 2 is 1.80 bits per heavy atom. The van der Waals surface area contributed by atoms with Gasteiger partial charge in [-0.25, -0.2) is 9.18 Å². The standard InChI is InChI=1S/C15H23FN2O2/c1-14(2,3)20-13(19)18-10-15(4,17)9-11-5-7-12(16)8-6-11/h5-8H,9-10,17H2,1-4H3,(H,18,19). The molecule has 0 radical (unpaired) electrons. The molecule has 5 heteroatoms. The molecular weight excluding hydrogens is 259 g/mol. The number of nitrogens with one attached hydrogen (secondary N) is 1. The Kier molecular flexibility index (Phi) is 5.11. The van der Waals surface area contributed by atoms with E-state index in [0.29, 0.717) is 6.42 Å². The molecule has 0 aliphatic heterocycles. The predicted octanol–water partition coefficient (Wildman–Crippen LogP) is 2.61. The second kappa shape index (κ2) is 6.22. The van der Waals surface area contributed by atoms with E-state index in [0.717, 1.165) is 5.56 Å². The van der Waals surface area contributed by atoms with Crippen LogP contribution in [0, 0.1) is 5.82 Å². The topological polar surface area (TPSA) is 64.3 Å². The first-order valence-corrected chi connectivity index (χ1v) is 6.58. The minimum Gasteiger partial charge on any atom is -0.444 e. The van der Waals surface area contributed by atoms with Crippen LogP contribution in [0.15, 0.2) is 24.3 Å². The number of amides is 1. The van der Waals surface area contributed by atoms with Crippen molar-refractivity contribution in [3.05, 3.63) is 35.6 Å². The molecule has 4 nitrogen and oxygen atoms in total. The lowest BCUT2D eigenvalue weighted by Gasteiger charge is -2.26. The van der Waals surface area contributed by atoms with Crippen LogP contribution in [0.25, 0.3) is 0 Å². The van der Waals surface area contributed by atoms with Gasteiger partial charge in [0.1, 0.15) is 11.4 Å². The van der Waals surface area contributed by atoms with Crippen LogP contribution >= 0.6 is 0 Å². The Bertz CT molecular complexity index is 450. The zero-order chi connectivity index (χ0) is 15.4. The fraction of sp³-hybridized carbons (Fsp3) is 0.533. The summed E-state index contributed by atoms with van der Waals surface area (Å²) in [7, 11) is 0. The summed E-state index contributed by atoms with van der Waals surface area (Å²) >= 11 is 0. The van der Waals surface area contributed by atoms with Gasteiger partial charge in [-0.05, 0) is 51.8 Å². The van der Waals surface area contributed by atoms with Crippen molar-refractivity contribution in [2.24, 2.45) is 5.73 Å². The van der Waals surface area contributed by atoms with E-state index in [1.807, 2.05) is 6.92 Å². The van der Waals surface area contributed by atoms with E-state index >= 15 is 0 Å². The van der Waals surface area contributed by atoms with Crippen molar-refractivity contribution in [3.8, 4) is 0 Å². The number of benzene rings is 1. The minimum absolute atomic E-state index is 0.277. The summed E-state index contributed by atoms with van der Waals surface area (Å²) in [4.78, 5) is 11.6. The van der Waals surface area contributed by atoms with Crippen molar-refractivity contribution in [1.82, 2.24) is 5.32 Å². The van der Waals surface area contributed by atoms with E-state index in [2.05, 4.69) is 5.32 Å². The number of halogens is 1. The number of carbonyl (C=O) groups excluding carboxylic acids is 1. The van der Waals surface area contributed by atoms with E-state index < -0.39 is 17.2 Å². The number of alkyl carbamates (subject to hydrolysis) is 1. The van der Waals surface area contributed by atoms with Crippen molar-refractivity contribution >= 4 is 6.09 Å². The molecule has 0 saturated carbocycles. The van der Waals surface area contributed by atoms with Crippen molar-refractivity contribution < 1.29 is 13.9 Å². The summed E-state index contributed by atoms with van der Waals surface area (Å²) in [5, 5.41) is 2.65. The summed E-state index contributed by atoms with van der Waals surface area (Å²) in [6, 6.07) is 6.17. The molecule has 1 rings (SSSR count). The molecule has 0 aromatic heterocycles. The van der Waals surface area contributed by atoms with Gasteiger partial charge in [0, 0.05) is 12.1 Å². The summed E-state index contributed by atoms with van der Waals surface area (Å²) in [6.07, 6.45) is 0.0385. The van der Waals surface area contributed by atoms with E-state index in [-0.39, 0.29) is 12.4 Å². The molecule has 0 aliphatic rings. The van der Waals surface area contributed by atoms with Crippen molar-refractivity contribution in [2.75, 3.05) is 6.54 Å².